The van der Waals surface area contributed by atoms with E-state index in [-0.39, 0.29) is 13.0 Å². The molecule has 1 aromatic carbocycles. The minimum absolute atomic E-state index is 0.0596. The highest BCUT2D eigenvalue weighted by Crippen LogP contribution is 2.44. The number of alkyl halides is 3. The average molecular weight is 383 g/mol. The van der Waals surface area contributed by atoms with Gasteiger partial charge in [0.2, 0.25) is 0 Å². The number of carbonyl (C=O) groups excluding carboxylic acids is 1. The Kier molecular flexibility index (Phi) is 5.32. The molecule has 0 radical (unpaired) electrons. The van der Waals surface area contributed by atoms with E-state index >= 15 is 0 Å². The van der Waals surface area contributed by atoms with Crippen molar-refractivity contribution in [1.29, 1.82) is 0 Å². The van der Waals surface area contributed by atoms with Crippen molar-refractivity contribution < 1.29 is 18.0 Å². The van der Waals surface area contributed by atoms with Crippen molar-refractivity contribution in [2.45, 2.75) is 51.7 Å². The molecule has 1 N–H and O–H groups in total. The number of hydrogen-bond donors (Lipinski definition) is 1. The molecule has 3 rings (SSSR count). The van der Waals surface area contributed by atoms with Gasteiger partial charge >= 0.3 is 12.2 Å². The fourth-order valence-corrected chi connectivity index (χ4v) is 4.25. The predicted molar refractivity (Wildman–Crippen MR) is 101 cm³/mol. The Hall–Kier alpha value is -1.92. The standard InChI is InChI=1S/C20H28F3N3O/c1-14-7-10-25(11-8-14)16-6-4-5-15(13-16)24-18(27)26-12-9-17(19(26,2)3)20(21,22)23/h4-6,13-14,17H,7-12H2,1-3H3,(H,24,27)/t17-/m0/s1. The van der Waals surface area contributed by atoms with Crippen molar-refractivity contribution in [3.8, 4) is 0 Å². The fourth-order valence-electron chi connectivity index (χ4n) is 4.25. The molecular formula is C20H28F3N3O. The van der Waals surface area contributed by atoms with Crippen molar-refractivity contribution in [2.24, 2.45) is 11.8 Å². The van der Waals surface area contributed by atoms with E-state index in [2.05, 4.69) is 17.1 Å². The Morgan fingerprint density at radius 2 is 1.81 bits per heavy atom. The van der Waals surface area contributed by atoms with Gasteiger partial charge in [-0.25, -0.2) is 4.79 Å². The molecule has 2 heterocycles. The van der Waals surface area contributed by atoms with E-state index in [1.807, 2.05) is 18.2 Å². The van der Waals surface area contributed by atoms with Crippen molar-refractivity contribution >= 4 is 17.4 Å². The highest BCUT2D eigenvalue weighted by molar-refractivity contribution is 5.90. The van der Waals surface area contributed by atoms with E-state index in [9.17, 15) is 18.0 Å². The number of halogens is 3. The summed E-state index contributed by atoms with van der Waals surface area (Å²) < 4.78 is 39.7. The number of urea groups is 1. The molecule has 150 valence electrons. The van der Waals surface area contributed by atoms with Crippen LogP contribution in [0.15, 0.2) is 24.3 Å². The van der Waals surface area contributed by atoms with Crippen LogP contribution in [-0.2, 0) is 0 Å². The SMILES string of the molecule is CC1CCN(c2cccc(NC(=O)N3CC[C@H](C(F)(F)F)C3(C)C)c2)CC1. The third-order valence-electron chi connectivity index (χ3n) is 6.08. The van der Waals surface area contributed by atoms with Crippen LogP contribution in [-0.4, -0.2) is 42.3 Å². The van der Waals surface area contributed by atoms with Crippen molar-refractivity contribution in [3.05, 3.63) is 24.3 Å². The Morgan fingerprint density at radius 1 is 1.15 bits per heavy atom. The molecule has 0 aromatic heterocycles. The van der Waals surface area contributed by atoms with Crippen LogP contribution in [0.25, 0.3) is 0 Å². The molecule has 1 atom stereocenters. The summed E-state index contributed by atoms with van der Waals surface area (Å²) in [6.07, 6.45) is -2.09. The molecule has 7 heteroatoms. The van der Waals surface area contributed by atoms with Gasteiger partial charge in [0.25, 0.3) is 0 Å². The number of amides is 2. The lowest BCUT2D eigenvalue weighted by atomic mass is 9.88. The average Bonchev–Trinajstić information content (AvgIpc) is 2.91. The van der Waals surface area contributed by atoms with Crippen LogP contribution in [0.4, 0.5) is 29.3 Å². The van der Waals surface area contributed by atoms with Crippen molar-refractivity contribution in [3.63, 3.8) is 0 Å². The first-order chi connectivity index (χ1) is 12.6. The molecule has 4 nitrogen and oxygen atoms in total. The maximum Gasteiger partial charge on any atom is 0.394 e. The monoisotopic (exact) mass is 383 g/mol. The molecule has 0 unspecified atom stereocenters. The molecule has 27 heavy (non-hydrogen) atoms. The van der Waals surface area contributed by atoms with Gasteiger partial charge in [0.15, 0.2) is 0 Å². The molecule has 2 aliphatic rings. The number of carbonyl (C=O) groups is 1. The van der Waals surface area contributed by atoms with E-state index in [1.54, 1.807) is 6.07 Å². The smallest absolute Gasteiger partial charge is 0.371 e. The number of nitrogens with one attached hydrogen (secondary N) is 1. The molecule has 0 saturated carbocycles. The van der Waals surface area contributed by atoms with Gasteiger partial charge in [-0.1, -0.05) is 13.0 Å². The predicted octanol–water partition coefficient (Wildman–Crippen LogP) is 5.12. The first kappa shape index (κ1) is 19.8. The fraction of sp³-hybridized carbons (Fsp3) is 0.650. The van der Waals surface area contributed by atoms with Gasteiger partial charge in [-0.2, -0.15) is 13.2 Å². The number of benzene rings is 1. The van der Waals surface area contributed by atoms with Crippen LogP contribution in [0.2, 0.25) is 0 Å². The summed E-state index contributed by atoms with van der Waals surface area (Å²) in [6.45, 7) is 7.29. The number of anilines is 2. The summed E-state index contributed by atoms with van der Waals surface area (Å²) in [5.41, 5.74) is 0.388. The number of piperidine rings is 1. The van der Waals surface area contributed by atoms with Crippen molar-refractivity contribution in [2.75, 3.05) is 29.9 Å². The molecule has 2 fully saturated rings. The number of nitrogens with zero attached hydrogens (tertiary/aromatic N) is 2. The Bertz CT molecular complexity index is 681. The van der Waals surface area contributed by atoms with Gasteiger partial charge in [-0.05, 0) is 57.2 Å². The molecule has 2 amide bonds. The first-order valence-electron chi connectivity index (χ1n) is 9.59. The molecule has 0 bridgehead atoms. The van der Waals surface area contributed by atoms with Crippen LogP contribution < -0.4 is 10.2 Å². The van der Waals surface area contributed by atoms with Gasteiger partial charge in [0, 0.05) is 31.0 Å². The third kappa shape index (κ3) is 4.17. The van der Waals surface area contributed by atoms with Gasteiger partial charge in [0.05, 0.1) is 11.5 Å². The highest BCUT2D eigenvalue weighted by atomic mass is 19.4. The van der Waals surface area contributed by atoms with Crippen LogP contribution >= 0.6 is 0 Å². The first-order valence-corrected chi connectivity index (χ1v) is 9.59. The van der Waals surface area contributed by atoms with E-state index in [4.69, 9.17) is 0 Å². The molecule has 2 saturated heterocycles. The lowest BCUT2D eigenvalue weighted by molar-refractivity contribution is -0.189. The number of hydrogen-bond acceptors (Lipinski definition) is 2. The van der Waals surface area contributed by atoms with Gasteiger partial charge in [-0.3, -0.25) is 0 Å². The summed E-state index contributed by atoms with van der Waals surface area (Å²) in [7, 11) is 0. The van der Waals surface area contributed by atoms with Crippen LogP contribution in [0.5, 0.6) is 0 Å². The molecule has 0 spiro atoms. The second-order valence-corrected chi connectivity index (χ2v) is 8.34. The summed E-state index contributed by atoms with van der Waals surface area (Å²) in [5.74, 6) is -0.777. The topological polar surface area (TPSA) is 35.6 Å². The minimum Gasteiger partial charge on any atom is -0.371 e. The van der Waals surface area contributed by atoms with E-state index < -0.39 is 23.7 Å². The number of likely N-dealkylation sites (tertiary alicyclic amines) is 1. The maximum atomic E-state index is 13.2. The van der Waals surface area contributed by atoms with Gasteiger partial charge in [-0.15, -0.1) is 0 Å². The summed E-state index contributed by atoms with van der Waals surface area (Å²) in [4.78, 5) is 16.3. The minimum atomic E-state index is -4.30. The molecule has 0 aliphatic carbocycles. The zero-order valence-electron chi connectivity index (χ0n) is 16.1. The Labute approximate surface area is 158 Å². The van der Waals surface area contributed by atoms with Gasteiger partial charge in [0.1, 0.15) is 0 Å². The van der Waals surface area contributed by atoms with Crippen LogP contribution in [0.1, 0.15) is 40.0 Å². The van der Waals surface area contributed by atoms with Crippen LogP contribution in [0.3, 0.4) is 0 Å². The molecule has 2 aliphatic heterocycles. The maximum absolute atomic E-state index is 13.2. The van der Waals surface area contributed by atoms with Crippen molar-refractivity contribution in [1.82, 2.24) is 4.90 Å². The number of rotatable bonds is 2. The molecule has 1 aromatic rings. The second kappa shape index (κ2) is 7.24. The second-order valence-electron chi connectivity index (χ2n) is 8.34. The quantitative estimate of drug-likeness (QED) is 0.770. The van der Waals surface area contributed by atoms with Crippen LogP contribution in [0, 0.1) is 11.8 Å². The zero-order chi connectivity index (χ0) is 19.8. The molecular weight excluding hydrogens is 355 g/mol. The van der Waals surface area contributed by atoms with E-state index in [0.29, 0.717) is 5.69 Å². The highest BCUT2D eigenvalue weighted by Gasteiger charge is 2.56. The summed E-state index contributed by atoms with van der Waals surface area (Å²) in [6, 6.07) is 7.08. The Balaban J connectivity index is 1.69. The third-order valence-corrected chi connectivity index (χ3v) is 6.08. The lowest BCUT2D eigenvalue weighted by Crippen LogP contribution is -2.51. The lowest BCUT2D eigenvalue weighted by Gasteiger charge is -2.36. The zero-order valence-corrected chi connectivity index (χ0v) is 16.1. The Morgan fingerprint density at radius 3 is 2.41 bits per heavy atom. The van der Waals surface area contributed by atoms with E-state index in [0.717, 1.165) is 37.5 Å². The van der Waals surface area contributed by atoms with E-state index in [1.165, 1.54) is 18.7 Å². The van der Waals surface area contributed by atoms with Gasteiger partial charge < -0.3 is 15.1 Å². The normalized spacial score (nSPS) is 23.6. The largest absolute Gasteiger partial charge is 0.394 e. The summed E-state index contributed by atoms with van der Waals surface area (Å²) in [5, 5.41) is 2.79. The summed E-state index contributed by atoms with van der Waals surface area (Å²) >= 11 is 0.